The number of hydrogen-bond acceptors (Lipinski definition) is 4. The predicted molar refractivity (Wildman–Crippen MR) is 118 cm³/mol. The number of nitrogens with zero attached hydrogens (tertiary/aromatic N) is 2. The fourth-order valence-electron chi connectivity index (χ4n) is 3.51. The van der Waals surface area contributed by atoms with Crippen LogP contribution >= 0.6 is 0 Å². The number of para-hydroxylation sites is 1. The van der Waals surface area contributed by atoms with E-state index in [9.17, 15) is 13.8 Å². The molecular formula is C23H28N2O4S. The first-order valence-electron chi connectivity index (χ1n) is 10.1. The van der Waals surface area contributed by atoms with Gasteiger partial charge < -0.3 is 14.5 Å². The van der Waals surface area contributed by atoms with E-state index in [1.54, 1.807) is 31.2 Å². The van der Waals surface area contributed by atoms with Crippen molar-refractivity contribution in [3.8, 4) is 5.75 Å². The zero-order chi connectivity index (χ0) is 21.5. The van der Waals surface area contributed by atoms with Gasteiger partial charge in [-0.1, -0.05) is 30.3 Å². The smallest absolute Gasteiger partial charge is 0.253 e. The average molecular weight is 429 g/mol. The number of amides is 2. The minimum absolute atomic E-state index is 0.0416. The van der Waals surface area contributed by atoms with E-state index >= 15 is 0 Å². The van der Waals surface area contributed by atoms with E-state index in [4.69, 9.17) is 4.74 Å². The summed E-state index contributed by atoms with van der Waals surface area (Å²) in [5.74, 6) is 0.835. The Balaban J connectivity index is 1.52. The fourth-order valence-corrected chi connectivity index (χ4v) is 4.67. The normalized spacial score (nSPS) is 14.4. The number of likely N-dealkylation sites (tertiary alicyclic amines) is 1. The van der Waals surface area contributed by atoms with Gasteiger partial charge in [-0.05, 0) is 36.6 Å². The molecule has 1 aliphatic rings. The Morgan fingerprint density at radius 3 is 2.40 bits per heavy atom. The zero-order valence-electron chi connectivity index (χ0n) is 17.5. The second-order valence-electron chi connectivity index (χ2n) is 7.49. The van der Waals surface area contributed by atoms with Crippen molar-refractivity contribution >= 4 is 22.6 Å². The van der Waals surface area contributed by atoms with Crippen molar-refractivity contribution < 1.29 is 18.5 Å². The highest BCUT2D eigenvalue weighted by Gasteiger charge is 2.19. The molecule has 3 rings (SSSR count). The maximum atomic E-state index is 12.5. The highest BCUT2D eigenvalue weighted by atomic mass is 32.2. The van der Waals surface area contributed by atoms with Gasteiger partial charge >= 0.3 is 0 Å². The Bertz CT molecular complexity index is 908. The van der Waals surface area contributed by atoms with Gasteiger partial charge in [0.05, 0.1) is 7.11 Å². The first kappa shape index (κ1) is 22.0. The molecule has 1 atom stereocenters. The zero-order valence-corrected chi connectivity index (χ0v) is 18.3. The molecule has 1 saturated heterocycles. The Hall–Kier alpha value is -2.67. The predicted octanol–water partition coefficient (Wildman–Crippen LogP) is 2.84. The third-order valence-corrected chi connectivity index (χ3v) is 6.46. The number of ether oxygens (including phenoxy) is 1. The molecule has 30 heavy (non-hydrogen) atoms. The van der Waals surface area contributed by atoms with Gasteiger partial charge in [-0.3, -0.25) is 13.8 Å². The van der Waals surface area contributed by atoms with Crippen LogP contribution in [0.15, 0.2) is 48.5 Å². The van der Waals surface area contributed by atoms with Crippen molar-refractivity contribution in [1.82, 2.24) is 9.80 Å². The molecule has 6 nitrogen and oxygen atoms in total. The van der Waals surface area contributed by atoms with Crippen LogP contribution in [-0.2, 0) is 27.9 Å². The van der Waals surface area contributed by atoms with Gasteiger partial charge in [-0.15, -0.1) is 0 Å². The minimum Gasteiger partial charge on any atom is -0.496 e. The molecule has 1 unspecified atom stereocenters. The van der Waals surface area contributed by atoms with E-state index in [1.807, 2.05) is 41.3 Å². The average Bonchev–Trinajstić information content (AvgIpc) is 3.29. The summed E-state index contributed by atoms with van der Waals surface area (Å²) in [4.78, 5) is 28.3. The summed E-state index contributed by atoms with van der Waals surface area (Å²) >= 11 is 0. The van der Waals surface area contributed by atoms with Gasteiger partial charge in [0.15, 0.2) is 0 Å². The molecule has 0 aliphatic carbocycles. The summed E-state index contributed by atoms with van der Waals surface area (Å²) in [7, 11) is 1.97. The van der Waals surface area contributed by atoms with Gasteiger partial charge in [0.25, 0.3) is 5.91 Å². The van der Waals surface area contributed by atoms with Crippen molar-refractivity contribution in [2.24, 2.45) is 0 Å². The second-order valence-corrected chi connectivity index (χ2v) is 8.94. The van der Waals surface area contributed by atoms with Crippen molar-refractivity contribution in [3.05, 3.63) is 65.2 Å². The summed E-state index contributed by atoms with van der Waals surface area (Å²) < 4.78 is 17.8. The quantitative estimate of drug-likeness (QED) is 0.649. The van der Waals surface area contributed by atoms with Crippen LogP contribution in [-0.4, -0.2) is 58.8 Å². The molecule has 2 amide bonds. The highest BCUT2D eigenvalue weighted by molar-refractivity contribution is 7.84. The lowest BCUT2D eigenvalue weighted by Gasteiger charge is -2.18. The van der Waals surface area contributed by atoms with Crippen molar-refractivity contribution in [1.29, 1.82) is 0 Å². The number of carbonyl (C=O) groups is 2. The monoisotopic (exact) mass is 428 g/mol. The molecule has 1 fully saturated rings. The maximum Gasteiger partial charge on any atom is 0.253 e. The van der Waals surface area contributed by atoms with Crippen molar-refractivity contribution in [3.63, 3.8) is 0 Å². The van der Waals surface area contributed by atoms with Crippen LogP contribution in [0.25, 0.3) is 0 Å². The summed E-state index contributed by atoms with van der Waals surface area (Å²) in [6, 6.07) is 14.7. The van der Waals surface area contributed by atoms with E-state index in [-0.39, 0.29) is 23.3 Å². The van der Waals surface area contributed by atoms with E-state index in [2.05, 4.69) is 0 Å². The van der Waals surface area contributed by atoms with E-state index in [1.165, 1.54) is 0 Å². The van der Waals surface area contributed by atoms with Crippen LogP contribution < -0.4 is 4.74 Å². The van der Waals surface area contributed by atoms with Crippen molar-refractivity contribution in [2.45, 2.75) is 25.1 Å². The largest absolute Gasteiger partial charge is 0.496 e. The third kappa shape index (κ3) is 5.69. The standard InChI is InChI=1S/C23H28N2O4S/c1-24(15-20-7-3-4-8-21(20)29-2)22(26)17-30(28)16-18-9-11-19(12-10-18)23(27)25-13-5-6-14-25/h3-4,7-12H,5-6,13-17H2,1-2H3. The number of methoxy groups -OCH3 is 1. The molecule has 1 heterocycles. The Morgan fingerprint density at radius 1 is 1.07 bits per heavy atom. The lowest BCUT2D eigenvalue weighted by molar-refractivity contribution is -0.127. The van der Waals surface area contributed by atoms with Gasteiger partial charge in [0, 0.05) is 54.4 Å². The molecule has 0 radical (unpaired) electrons. The molecule has 1 aliphatic heterocycles. The number of rotatable bonds is 8. The van der Waals surface area contributed by atoms with E-state index in [0.717, 1.165) is 42.8 Å². The summed E-state index contributed by atoms with van der Waals surface area (Å²) in [5, 5.41) is 0. The van der Waals surface area contributed by atoms with E-state index in [0.29, 0.717) is 12.1 Å². The van der Waals surface area contributed by atoms with Crippen molar-refractivity contribution in [2.75, 3.05) is 33.0 Å². The van der Waals surface area contributed by atoms with Crippen LogP contribution in [0, 0.1) is 0 Å². The lowest BCUT2D eigenvalue weighted by atomic mass is 10.1. The molecule has 0 saturated carbocycles. The number of benzene rings is 2. The summed E-state index contributed by atoms with van der Waals surface area (Å²) in [5.41, 5.74) is 2.41. The Kier molecular flexibility index (Phi) is 7.63. The fraction of sp³-hybridized carbons (Fsp3) is 0.391. The summed E-state index contributed by atoms with van der Waals surface area (Å²) in [6.07, 6.45) is 2.12. The molecule has 2 aromatic rings. The first-order valence-corrected chi connectivity index (χ1v) is 11.6. The molecule has 0 aromatic heterocycles. The molecule has 2 aromatic carbocycles. The Morgan fingerprint density at radius 2 is 1.73 bits per heavy atom. The molecule has 160 valence electrons. The van der Waals surface area contributed by atoms with Crippen LogP contribution in [0.4, 0.5) is 0 Å². The van der Waals surface area contributed by atoms with Gasteiger partial charge in [0.1, 0.15) is 11.5 Å². The minimum atomic E-state index is -1.32. The second kappa shape index (κ2) is 10.4. The molecule has 0 bridgehead atoms. The van der Waals surface area contributed by atoms with Crippen LogP contribution in [0.1, 0.15) is 34.3 Å². The third-order valence-electron chi connectivity index (χ3n) is 5.23. The van der Waals surface area contributed by atoms with Crippen LogP contribution in [0.2, 0.25) is 0 Å². The van der Waals surface area contributed by atoms with Crippen LogP contribution in [0.3, 0.4) is 0 Å². The van der Waals surface area contributed by atoms with Gasteiger partial charge in [-0.2, -0.15) is 0 Å². The topological polar surface area (TPSA) is 66.9 Å². The molecule has 0 spiro atoms. The van der Waals surface area contributed by atoms with E-state index < -0.39 is 10.8 Å². The van der Waals surface area contributed by atoms with Gasteiger partial charge in [-0.25, -0.2) is 0 Å². The summed E-state index contributed by atoms with van der Waals surface area (Å²) in [6.45, 7) is 2.03. The molecule has 0 N–H and O–H groups in total. The lowest BCUT2D eigenvalue weighted by Crippen LogP contribution is -2.30. The Labute approximate surface area is 180 Å². The number of carbonyl (C=O) groups excluding carboxylic acids is 2. The maximum absolute atomic E-state index is 12.5. The molecular weight excluding hydrogens is 400 g/mol. The highest BCUT2D eigenvalue weighted by Crippen LogP contribution is 2.19. The molecule has 7 heteroatoms. The van der Waals surface area contributed by atoms with Gasteiger partial charge in [0.2, 0.25) is 5.91 Å². The first-order chi connectivity index (χ1) is 14.5. The van der Waals surface area contributed by atoms with Crippen LogP contribution in [0.5, 0.6) is 5.75 Å². The SMILES string of the molecule is COc1ccccc1CN(C)C(=O)CS(=O)Cc1ccc(C(=O)N2CCCC2)cc1. The number of hydrogen-bond donors (Lipinski definition) is 0.